The zero-order valence-corrected chi connectivity index (χ0v) is 10.9. The number of aromatic nitrogens is 2. The largest absolute Gasteiger partial charge is 0.383 e. The third kappa shape index (κ3) is 2.29. The predicted octanol–water partition coefficient (Wildman–Crippen LogP) is 3.64. The molecule has 0 unspecified atom stereocenters. The molecule has 0 radical (unpaired) electrons. The van der Waals surface area contributed by atoms with Crippen molar-refractivity contribution in [2.75, 3.05) is 5.73 Å². The summed E-state index contributed by atoms with van der Waals surface area (Å²) in [5, 5.41) is 0.315. The molecule has 0 aliphatic heterocycles. The summed E-state index contributed by atoms with van der Waals surface area (Å²) in [7, 11) is 0. The molecule has 18 heavy (non-hydrogen) atoms. The van der Waals surface area contributed by atoms with Crippen molar-refractivity contribution < 1.29 is 4.39 Å². The molecule has 94 valence electrons. The molecule has 3 nitrogen and oxygen atoms in total. The van der Waals surface area contributed by atoms with Gasteiger partial charge in [-0.15, -0.1) is 0 Å². The van der Waals surface area contributed by atoms with Crippen LogP contribution in [-0.4, -0.2) is 9.97 Å². The van der Waals surface area contributed by atoms with Gasteiger partial charge in [0.1, 0.15) is 18.0 Å². The molecule has 2 aromatic rings. The first-order chi connectivity index (χ1) is 8.50. The Hall–Kier alpha value is -1.68. The second-order valence-corrected chi connectivity index (χ2v) is 4.71. The highest BCUT2D eigenvalue weighted by atomic mass is 35.5. The van der Waals surface area contributed by atoms with Crippen LogP contribution in [0.4, 0.5) is 10.2 Å². The van der Waals surface area contributed by atoms with Gasteiger partial charge in [-0.1, -0.05) is 25.4 Å². The zero-order chi connectivity index (χ0) is 13.3. The number of anilines is 1. The molecule has 0 aliphatic rings. The molecule has 2 N–H and O–H groups in total. The van der Waals surface area contributed by atoms with Crippen molar-refractivity contribution in [3.05, 3.63) is 40.9 Å². The fraction of sp³-hybridized carbons (Fsp3) is 0.231. The Morgan fingerprint density at radius 2 is 2.00 bits per heavy atom. The molecule has 1 aromatic heterocycles. The fourth-order valence-electron chi connectivity index (χ4n) is 1.87. The molecule has 0 fully saturated rings. The molecular formula is C13H13ClFN3. The first-order valence-electron chi connectivity index (χ1n) is 5.56. The van der Waals surface area contributed by atoms with Crippen molar-refractivity contribution in [1.29, 1.82) is 0 Å². The van der Waals surface area contributed by atoms with Crippen molar-refractivity contribution >= 4 is 17.4 Å². The van der Waals surface area contributed by atoms with E-state index in [9.17, 15) is 4.39 Å². The number of hydrogen-bond acceptors (Lipinski definition) is 3. The summed E-state index contributed by atoms with van der Waals surface area (Å²) in [6.45, 7) is 3.99. The summed E-state index contributed by atoms with van der Waals surface area (Å²) in [4.78, 5) is 8.21. The Morgan fingerprint density at radius 3 is 2.61 bits per heavy atom. The van der Waals surface area contributed by atoms with Gasteiger partial charge in [0.15, 0.2) is 0 Å². The summed E-state index contributed by atoms with van der Waals surface area (Å²) in [6, 6.07) is 4.22. The topological polar surface area (TPSA) is 51.8 Å². The highest BCUT2D eigenvalue weighted by Crippen LogP contribution is 2.34. The van der Waals surface area contributed by atoms with Crippen LogP contribution in [0.5, 0.6) is 0 Å². The van der Waals surface area contributed by atoms with Crippen LogP contribution in [0, 0.1) is 5.82 Å². The monoisotopic (exact) mass is 265 g/mol. The average Bonchev–Trinajstić information content (AvgIpc) is 2.28. The minimum atomic E-state index is -0.378. The molecule has 0 saturated carbocycles. The van der Waals surface area contributed by atoms with Crippen LogP contribution in [0.25, 0.3) is 11.3 Å². The molecule has 2 rings (SSSR count). The molecule has 0 saturated heterocycles. The van der Waals surface area contributed by atoms with Crippen molar-refractivity contribution in [2.45, 2.75) is 19.8 Å². The number of nitrogens with zero attached hydrogens (tertiary/aromatic N) is 2. The Labute approximate surface area is 110 Å². The van der Waals surface area contributed by atoms with Gasteiger partial charge in [-0.3, -0.25) is 0 Å². The Morgan fingerprint density at radius 1 is 1.28 bits per heavy atom. The van der Waals surface area contributed by atoms with Crippen molar-refractivity contribution in [3.63, 3.8) is 0 Å². The SMILES string of the molecule is CC(C)c1c(N)ncnc1-c1ccc(F)cc1Cl. The first-order valence-corrected chi connectivity index (χ1v) is 5.94. The number of benzene rings is 1. The van der Waals surface area contributed by atoms with Gasteiger partial charge in [0.05, 0.1) is 10.7 Å². The third-order valence-electron chi connectivity index (χ3n) is 2.68. The Kier molecular flexibility index (Phi) is 3.48. The number of halogens is 2. The second kappa shape index (κ2) is 4.90. The van der Waals surface area contributed by atoms with Crippen LogP contribution in [0.2, 0.25) is 5.02 Å². The van der Waals surface area contributed by atoms with Crippen LogP contribution >= 0.6 is 11.6 Å². The Bertz CT molecular complexity index is 584. The molecule has 1 aromatic carbocycles. The maximum absolute atomic E-state index is 13.1. The molecule has 0 bridgehead atoms. The van der Waals surface area contributed by atoms with E-state index in [1.54, 1.807) is 6.07 Å². The van der Waals surface area contributed by atoms with Gasteiger partial charge in [-0.25, -0.2) is 14.4 Å². The normalized spacial score (nSPS) is 10.9. The lowest BCUT2D eigenvalue weighted by atomic mass is 9.97. The highest BCUT2D eigenvalue weighted by Gasteiger charge is 2.16. The number of rotatable bonds is 2. The zero-order valence-electron chi connectivity index (χ0n) is 10.1. The van der Waals surface area contributed by atoms with Gasteiger partial charge in [0.25, 0.3) is 0 Å². The highest BCUT2D eigenvalue weighted by molar-refractivity contribution is 6.33. The van der Waals surface area contributed by atoms with Crippen LogP contribution < -0.4 is 5.73 Å². The number of nitrogen functional groups attached to an aromatic ring is 1. The Balaban J connectivity index is 2.67. The molecule has 0 spiro atoms. The lowest BCUT2D eigenvalue weighted by Gasteiger charge is -2.14. The van der Waals surface area contributed by atoms with E-state index in [1.165, 1.54) is 18.5 Å². The fourth-order valence-corrected chi connectivity index (χ4v) is 2.13. The van der Waals surface area contributed by atoms with Gasteiger partial charge in [-0.2, -0.15) is 0 Å². The van der Waals surface area contributed by atoms with E-state index < -0.39 is 0 Å². The smallest absolute Gasteiger partial charge is 0.130 e. The minimum absolute atomic E-state index is 0.155. The number of nitrogens with two attached hydrogens (primary N) is 1. The molecule has 5 heteroatoms. The van der Waals surface area contributed by atoms with Gasteiger partial charge in [-0.05, 0) is 24.1 Å². The lowest BCUT2D eigenvalue weighted by Crippen LogP contribution is -2.04. The molecule has 0 atom stereocenters. The van der Waals surface area contributed by atoms with E-state index in [0.717, 1.165) is 5.56 Å². The van der Waals surface area contributed by atoms with Crippen molar-refractivity contribution in [2.24, 2.45) is 0 Å². The summed E-state index contributed by atoms with van der Waals surface area (Å²) < 4.78 is 13.1. The summed E-state index contributed by atoms with van der Waals surface area (Å²) >= 11 is 6.05. The van der Waals surface area contributed by atoms with Crippen LogP contribution in [0.15, 0.2) is 24.5 Å². The summed E-state index contributed by atoms with van der Waals surface area (Å²) in [5.74, 6) is 0.203. The molecule has 1 heterocycles. The minimum Gasteiger partial charge on any atom is -0.383 e. The van der Waals surface area contributed by atoms with Crippen molar-refractivity contribution in [3.8, 4) is 11.3 Å². The lowest BCUT2D eigenvalue weighted by molar-refractivity contribution is 0.628. The van der Waals surface area contributed by atoms with Crippen molar-refractivity contribution in [1.82, 2.24) is 9.97 Å². The molecule has 0 aliphatic carbocycles. The summed E-state index contributed by atoms with van der Waals surface area (Å²) in [6.07, 6.45) is 1.39. The van der Waals surface area contributed by atoms with E-state index in [4.69, 9.17) is 17.3 Å². The van der Waals surface area contributed by atoms with Gasteiger partial charge in [0.2, 0.25) is 0 Å². The van der Waals surface area contributed by atoms with Gasteiger partial charge in [0, 0.05) is 11.1 Å². The number of hydrogen-bond donors (Lipinski definition) is 1. The van der Waals surface area contributed by atoms with E-state index in [2.05, 4.69) is 9.97 Å². The standard InChI is InChI=1S/C13H13ClFN3/c1-7(2)11-12(17-6-18-13(11)16)9-4-3-8(15)5-10(9)14/h3-7H,1-2H3,(H2,16,17,18). The van der Waals surface area contributed by atoms with Gasteiger partial charge < -0.3 is 5.73 Å². The van der Waals surface area contributed by atoms with E-state index in [1.807, 2.05) is 13.8 Å². The maximum atomic E-state index is 13.1. The summed E-state index contributed by atoms with van der Waals surface area (Å²) in [5.41, 5.74) is 8.01. The first kappa shape index (κ1) is 12.8. The predicted molar refractivity (Wildman–Crippen MR) is 70.9 cm³/mol. The van der Waals surface area contributed by atoms with E-state index in [-0.39, 0.29) is 11.7 Å². The molecular weight excluding hydrogens is 253 g/mol. The second-order valence-electron chi connectivity index (χ2n) is 4.30. The van der Waals surface area contributed by atoms with Crippen LogP contribution in [-0.2, 0) is 0 Å². The van der Waals surface area contributed by atoms with Gasteiger partial charge >= 0.3 is 0 Å². The third-order valence-corrected chi connectivity index (χ3v) is 2.99. The quantitative estimate of drug-likeness (QED) is 0.902. The van der Waals surface area contributed by atoms with Crippen LogP contribution in [0.1, 0.15) is 25.3 Å². The molecule has 0 amide bonds. The average molecular weight is 266 g/mol. The van der Waals surface area contributed by atoms with E-state index in [0.29, 0.717) is 22.1 Å². The van der Waals surface area contributed by atoms with Crippen LogP contribution in [0.3, 0.4) is 0 Å². The van der Waals surface area contributed by atoms with E-state index >= 15 is 0 Å². The maximum Gasteiger partial charge on any atom is 0.130 e.